The number of hydrogen-bond acceptors (Lipinski definition) is 4. The molecular weight excluding hydrogens is 206 g/mol. The lowest BCUT2D eigenvalue weighted by atomic mass is 10.1. The second-order valence-electron chi connectivity index (χ2n) is 3.45. The summed E-state index contributed by atoms with van der Waals surface area (Å²) < 4.78 is 1.40. The van der Waals surface area contributed by atoms with E-state index < -0.39 is 0 Å². The Labute approximate surface area is 92.3 Å². The number of nitrogens with one attached hydrogen (secondary N) is 1. The van der Waals surface area contributed by atoms with Gasteiger partial charge in [-0.2, -0.15) is 0 Å². The number of hydrogen-bond donors (Lipinski definition) is 1. The number of aromatic nitrogens is 4. The van der Waals surface area contributed by atoms with Gasteiger partial charge in [0.2, 0.25) is 5.95 Å². The maximum absolute atomic E-state index is 11.8. The largest absolute Gasteiger partial charge is 0.289 e. The molecule has 16 heavy (non-hydrogen) atoms. The Kier molecular flexibility index (Phi) is 2.63. The third-order valence-corrected chi connectivity index (χ3v) is 2.13. The van der Waals surface area contributed by atoms with E-state index in [0.29, 0.717) is 11.5 Å². The average Bonchev–Trinajstić information content (AvgIpc) is 2.64. The minimum atomic E-state index is -0.221. The highest BCUT2D eigenvalue weighted by Crippen LogP contribution is 2.06. The molecule has 6 heteroatoms. The van der Waals surface area contributed by atoms with Crippen molar-refractivity contribution < 1.29 is 4.79 Å². The molecule has 0 fully saturated rings. The van der Waals surface area contributed by atoms with Crippen molar-refractivity contribution in [2.24, 2.45) is 7.05 Å². The zero-order valence-corrected chi connectivity index (χ0v) is 9.01. The van der Waals surface area contributed by atoms with Gasteiger partial charge in [0.05, 0.1) is 0 Å². The predicted octanol–water partition coefficient (Wildman–Crippen LogP) is 0.771. The van der Waals surface area contributed by atoms with Crippen LogP contribution in [0, 0.1) is 6.92 Å². The van der Waals surface area contributed by atoms with Crippen LogP contribution in [-0.2, 0) is 7.05 Å². The third-order valence-electron chi connectivity index (χ3n) is 2.13. The van der Waals surface area contributed by atoms with Gasteiger partial charge in [-0.05, 0) is 29.5 Å². The van der Waals surface area contributed by atoms with Crippen LogP contribution in [0.2, 0.25) is 0 Å². The summed E-state index contributed by atoms with van der Waals surface area (Å²) in [4.78, 5) is 11.8. The molecule has 0 spiro atoms. The molecule has 1 amide bonds. The Balaban J connectivity index is 2.18. The molecule has 0 saturated carbocycles. The van der Waals surface area contributed by atoms with Gasteiger partial charge in [-0.1, -0.05) is 22.8 Å². The Bertz CT molecular complexity index is 519. The first kappa shape index (κ1) is 10.3. The van der Waals surface area contributed by atoms with Gasteiger partial charge in [0.15, 0.2) is 0 Å². The molecule has 1 aromatic carbocycles. The summed E-state index contributed by atoms with van der Waals surface area (Å²) in [5.74, 6) is 0.105. The van der Waals surface area contributed by atoms with Crippen molar-refractivity contribution in [3.8, 4) is 0 Å². The van der Waals surface area contributed by atoms with Crippen molar-refractivity contribution in [2.45, 2.75) is 6.92 Å². The molecule has 0 aliphatic carbocycles. The SMILES string of the molecule is Cc1cccc(C(=O)Nc2nnnn2C)c1. The molecule has 1 heterocycles. The fourth-order valence-electron chi connectivity index (χ4n) is 1.30. The second kappa shape index (κ2) is 4.09. The minimum absolute atomic E-state index is 0.221. The lowest BCUT2D eigenvalue weighted by Gasteiger charge is -2.03. The number of benzene rings is 1. The maximum atomic E-state index is 11.8. The van der Waals surface area contributed by atoms with E-state index in [1.165, 1.54) is 4.68 Å². The first-order valence-corrected chi connectivity index (χ1v) is 4.77. The molecule has 2 rings (SSSR count). The first-order chi connectivity index (χ1) is 7.66. The van der Waals surface area contributed by atoms with Crippen LogP contribution in [-0.4, -0.2) is 26.1 Å². The van der Waals surface area contributed by atoms with Crippen LogP contribution in [0.4, 0.5) is 5.95 Å². The third kappa shape index (κ3) is 2.05. The Morgan fingerprint density at radius 2 is 2.25 bits per heavy atom. The topological polar surface area (TPSA) is 72.7 Å². The van der Waals surface area contributed by atoms with Crippen LogP contribution in [0.25, 0.3) is 0 Å². The second-order valence-corrected chi connectivity index (χ2v) is 3.45. The summed E-state index contributed by atoms with van der Waals surface area (Å²) in [5, 5.41) is 13.4. The predicted molar refractivity (Wildman–Crippen MR) is 57.9 cm³/mol. The highest BCUT2D eigenvalue weighted by atomic mass is 16.1. The van der Waals surface area contributed by atoms with Crippen LogP contribution < -0.4 is 5.32 Å². The number of rotatable bonds is 2. The van der Waals surface area contributed by atoms with Crippen LogP contribution in [0.5, 0.6) is 0 Å². The number of carbonyl (C=O) groups is 1. The smallest absolute Gasteiger partial charge is 0.258 e. The van der Waals surface area contributed by atoms with Crippen molar-refractivity contribution in [1.82, 2.24) is 20.2 Å². The molecule has 0 atom stereocenters. The van der Waals surface area contributed by atoms with Gasteiger partial charge in [-0.15, -0.1) is 0 Å². The van der Waals surface area contributed by atoms with Crippen LogP contribution in [0.1, 0.15) is 15.9 Å². The van der Waals surface area contributed by atoms with Gasteiger partial charge in [0.25, 0.3) is 5.91 Å². The molecule has 0 aliphatic rings. The highest BCUT2D eigenvalue weighted by molar-refractivity contribution is 6.03. The van der Waals surface area contributed by atoms with Crippen molar-refractivity contribution in [1.29, 1.82) is 0 Å². The Morgan fingerprint density at radius 3 is 2.88 bits per heavy atom. The van der Waals surface area contributed by atoms with Crippen LogP contribution >= 0.6 is 0 Å². The molecule has 2 aromatic rings. The van der Waals surface area contributed by atoms with E-state index >= 15 is 0 Å². The van der Waals surface area contributed by atoms with E-state index in [1.807, 2.05) is 19.1 Å². The van der Waals surface area contributed by atoms with Gasteiger partial charge in [-0.25, -0.2) is 4.68 Å². The van der Waals surface area contributed by atoms with Gasteiger partial charge < -0.3 is 0 Å². The fourth-order valence-corrected chi connectivity index (χ4v) is 1.30. The van der Waals surface area contributed by atoms with E-state index in [9.17, 15) is 4.79 Å². The van der Waals surface area contributed by atoms with Crippen LogP contribution in [0.3, 0.4) is 0 Å². The first-order valence-electron chi connectivity index (χ1n) is 4.77. The number of tetrazole rings is 1. The molecule has 6 nitrogen and oxygen atoms in total. The lowest BCUT2D eigenvalue weighted by Crippen LogP contribution is -2.15. The summed E-state index contributed by atoms with van der Waals surface area (Å²) in [7, 11) is 1.66. The number of nitrogens with zero attached hydrogens (tertiary/aromatic N) is 4. The van der Waals surface area contributed by atoms with E-state index in [-0.39, 0.29) is 5.91 Å². The normalized spacial score (nSPS) is 10.1. The quantitative estimate of drug-likeness (QED) is 0.806. The number of anilines is 1. The summed E-state index contributed by atoms with van der Waals surface area (Å²) >= 11 is 0. The fraction of sp³-hybridized carbons (Fsp3) is 0.200. The number of aryl methyl sites for hydroxylation is 2. The zero-order chi connectivity index (χ0) is 11.5. The number of amides is 1. The molecule has 1 N–H and O–H groups in total. The van der Waals surface area contributed by atoms with Gasteiger partial charge in [-0.3, -0.25) is 10.1 Å². The molecule has 0 aliphatic heterocycles. The summed E-state index contributed by atoms with van der Waals surface area (Å²) in [6.45, 7) is 1.93. The zero-order valence-electron chi connectivity index (χ0n) is 9.01. The molecule has 0 unspecified atom stereocenters. The molecular formula is C10H11N5O. The monoisotopic (exact) mass is 217 g/mol. The molecule has 1 aromatic heterocycles. The lowest BCUT2D eigenvalue weighted by molar-refractivity contribution is 0.102. The van der Waals surface area contributed by atoms with E-state index in [0.717, 1.165) is 5.56 Å². The highest BCUT2D eigenvalue weighted by Gasteiger charge is 2.09. The molecule has 0 bridgehead atoms. The molecule has 82 valence electrons. The maximum Gasteiger partial charge on any atom is 0.258 e. The van der Waals surface area contributed by atoms with Gasteiger partial charge in [0, 0.05) is 12.6 Å². The number of carbonyl (C=O) groups excluding carboxylic acids is 1. The average molecular weight is 217 g/mol. The van der Waals surface area contributed by atoms with Crippen molar-refractivity contribution >= 4 is 11.9 Å². The van der Waals surface area contributed by atoms with E-state index in [1.54, 1.807) is 19.2 Å². The van der Waals surface area contributed by atoms with Crippen molar-refractivity contribution in [3.63, 3.8) is 0 Å². The Morgan fingerprint density at radius 1 is 1.44 bits per heavy atom. The standard InChI is InChI=1S/C10H11N5O/c1-7-4-3-5-8(6-7)9(16)11-10-12-13-14-15(10)2/h3-6H,1-2H3,(H,11,12,14,16). The minimum Gasteiger partial charge on any atom is -0.289 e. The van der Waals surface area contributed by atoms with Gasteiger partial charge in [0.1, 0.15) is 0 Å². The summed E-state index contributed by atoms with van der Waals surface area (Å²) in [6, 6.07) is 7.31. The van der Waals surface area contributed by atoms with Crippen molar-refractivity contribution in [3.05, 3.63) is 35.4 Å². The van der Waals surface area contributed by atoms with Gasteiger partial charge >= 0.3 is 0 Å². The summed E-state index contributed by atoms with van der Waals surface area (Å²) in [5.41, 5.74) is 1.62. The van der Waals surface area contributed by atoms with E-state index in [4.69, 9.17) is 0 Å². The Hall–Kier alpha value is -2.24. The van der Waals surface area contributed by atoms with Crippen LogP contribution in [0.15, 0.2) is 24.3 Å². The van der Waals surface area contributed by atoms with E-state index in [2.05, 4.69) is 20.8 Å². The van der Waals surface area contributed by atoms with Crippen molar-refractivity contribution in [2.75, 3.05) is 5.32 Å². The summed E-state index contributed by atoms with van der Waals surface area (Å²) in [6.07, 6.45) is 0. The molecule has 0 saturated heterocycles. The molecule has 0 radical (unpaired) electrons.